The van der Waals surface area contributed by atoms with Crippen molar-refractivity contribution in [1.29, 1.82) is 0 Å². The standard InChI is InChI=1S/C16H31N3O/c1-13(14-3-4-14)19(9-10-20-2)16(12-17)6-8-18-7-5-15(16)11-18/h13-15H,3-12,17H2,1-2H3. The summed E-state index contributed by atoms with van der Waals surface area (Å²) in [5.74, 6) is 1.66. The summed E-state index contributed by atoms with van der Waals surface area (Å²) in [5, 5.41) is 0. The highest BCUT2D eigenvalue weighted by Crippen LogP contribution is 2.44. The molecule has 4 atom stereocenters. The summed E-state index contributed by atoms with van der Waals surface area (Å²) < 4.78 is 5.39. The Labute approximate surface area is 123 Å². The van der Waals surface area contributed by atoms with Crippen molar-refractivity contribution in [2.75, 3.05) is 46.4 Å². The fourth-order valence-electron chi connectivity index (χ4n) is 4.65. The van der Waals surface area contributed by atoms with Crippen LogP contribution < -0.4 is 5.73 Å². The van der Waals surface area contributed by atoms with Gasteiger partial charge in [0.2, 0.25) is 0 Å². The Morgan fingerprint density at radius 1 is 1.35 bits per heavy atom. The van der Waals surface area contributed by atoms with Crippen molar-refractivity contribution in [3.8, 4) is 0 Å². The second kappa shape index (κ2) is 5.91. The van der Waals surface area contributed by atoms with Crippen molar-refractivity contribution in [3.05, 3.63) is 0 Å². The predicted molar refractivity (Wildman–Crippen MR) is 81.7 cm³/mol. The number of nitrogens with zero attached hydrogens (tertiary/aromatic N) is 2. The van der Waals surface area contributed by atoms with Gasteiger partial charge in [-0.15, -0.1) is 0 Å². The fraction of sp³-hybridized carbons (Fsp3) is 1.00. The number of methoxy groups -OCH3 is 1. The van der Waals surface area contributed by atoms with E-state index in [0.29, 0.717) is 6.04 Å². The summed E-state index contributed by atoms with van der Waals surface area (Å²) in [4.78, 5) is 5.37. The zero-order valence-corrected chi connectivity index (χ0v) is 13.2. The molecule has 2 saturated heterocycles. The van der Waals surface area contributed by atoms with E-state index in [1.54, 1.807) is 0 Å². The lowest BCUT2D eigenvalue weighted by molar-refractivity contribution is -0.0356. The van der Waals surface area contributed by atoms with E-state index >= 15 is 0 Å². The summed E-state index contributed by atoms with van der Waals surface area (Å²) in [6, 6.07) is 0.667. The molecule has 4 nitrogen and oxygen atoms in total. The molecule has 0 spiro atoms. The number of hydrogen-bond donors (Lipinski definition) is 1. The maximum atomic E-state index is 6.35. The zero-order valence-electron chi connectivity index (χ0n) is 13.2. The third-order valence-electron chi connectivity index (χ3n) is 6.15. The molecular weight excluding hydrogens is 250 g/mol. The van der Waals surface area contributed by atoms with Crippen LogP contribution in [0.1, 0.15) is 32.6 Å². The smallest absolute Gasteiger partial charge is 0.0590 e. The quantitative estimate of drug-likeness (QED) is 0.760. The average Bonchev–Trinajstić information content (AvgIpc) is 3.24. The lowest BCUT2D eigenvalue weighted by Gasteiger charge is -2.52. The van der Waals surface area contributed by atoms with Crippen LogP contribution in [0.2, 0.25) is 0 Å². The van der Waals surface area contributed by atoms with Crippen molar-refractivity contribution < 1.29 is 4.74 Å². The van der Waals surface area contributed by atoms with Gasteiger partial charge in [0.1, 0.15) is 0 Å². The first-order chi connectivity index (χ1) is 9.71. The molecule has 3 rings (SSSR count). The van der Waals surface area contributed by atoms with Gasteiger partial charge in [-0.2, -0.15) is 0 Å². The van der Waals surface area contributed by atoms with Crippen LogP contribution in [0.4, 0.5) is 0 Å². The average molecular weight is 281 g/mol. The molecule has 4 heteroatoms. The van der Waals surface area contributed by atoms with Crippen molar-refractivity contribution in [2.24, 2.45) is 17.6 Å². The van der Waals surface area contributed by atoms with Gasteiger partial charge in [0.25, 0.3) is 0 Å². The predicted octanol–water partition coefficient (Wildman–Crippen LogP) is 1.16. The molecule has 4 unspecified atom stereocenters. The molecule has 1 aliphatic carbocycles. The lowest BCUT2D eigenvalue weighted by Crippen LogP contribution is -2.65. The summed E-state index contributed by atoms with van der Waals surface area (Å²) in [7, 11) is 1.81. The molecule has 3 fully saturated rings. The first kappa shape index (κ1) is 14.8. The third-order valence-corrected chi connectivity index (χ3v) is 6.15. The van der Waals surface area contributed by atoms with E-state index in [4.69, 9.17) is 10.5 Å². The van der Waals surface area contributed by atoms with Crippen LogP contribution in [0.25, 0.3) is 0 Å². The van der Waals surface area contributed by atoms with Crippen LogP contribution in [-0.2, 0) is 4.74 Å². The zero-order chi connectivity index (χ0) is 14.2. The monoisotopic (exact) mass is 281 g/mol. The summed E-state index contributed by atoms with van der Waals surface area (Å²) in [6.45, 7) is 8.88. The summed E-state index contributed by atoms with van der Waals surface area (Å²) in [5.41, 5.74) is 6.58. The molecule has 2 bridgehead atoms. The minimum Gasteiger partial charge on any atom is -0.383 e. The van der Waals surface area contributed by atoms with Crippen LogP contribution in [0.3, 0.4) is 0 Å². The van der Waals surface area contributed by atoms with Crippen LogP contribution in [-0.4, -0.2) is 67.8 Å². The van der Waals surface area contributed by atoms with Gasteiger partial charge in [-0.25, -0.2) is 0 Å². The van der Waals surface area contributed by atoms with Crippen molar-refractivity contribution in [1.82, 2.24) is 9.80 Å². The van der Waals surface area contributed by atoms with Gasteiger partial charge in [0.15, 0.2) is 0 Å². The van der Waals surface area contributed by atoms with Gasteiger partial charge in [-0.05, 0) is 57.5 Å². The second-order valence-electron chi connectivity index (χ2n) is 7.11. The van der Waals surface area contributed by atoms with Crippen LogP contribution >= 0.6 is 0 Å². The van der Waals surface area contributed by atoms with Crippen molar-refractivity contribution in [3.63, 3.8) is 0 Å². The van der Waals surface area contributed by atoms with Gasteiger partial charge in [0.05, 0.1) is 6.61 Å². The van der Waals surface area contributed by atoms with Crippen molar-refractivity contribution >= 4 is 0 Å². The maximum absolute atomic E-state index is 6.35. The second-order valence-corrected chi connectivity index (χ2v) is 7.11. The fourth-order valence-corrected chi connectivity index (χ4v) is 4.65. The highest BCUT2D eigenvalue weighted by molar-refractivity contribution is 5.07. The van der Waals surface area contributed by atoms with Gasteiger partial charge in [0, 0.05) is 38.3 Å². The first-order valence-corrected chi connectivity index (χ1v) is 8.39. The topological polar surface area (TPSA) is 41.7 Å². The highest BCUT2D eigenvalue weighted by Gasteiger charge is 2.51. The first-order valence-electron chi connectivity index (χ1n) is 8.39. The maximum Gasteiger partial charge on any atom is 0.0590 e. The van der Waals surface area contributed by atoms with E-state index in [0.717, 1.165) is 31.5 Å². The summed E-state index contributed by atoms with van der Waals surface area (Å²) >= 11 is 0. The van der Waals surface area contributed by atoms with Gasteiger partial charge < -0.3 is 15.4 Å². The Bertz CT molecular complexity index is 334. The van der Waals surface area contributed by atoms with E-state index in [1.165, 1.54) is 45.3 Å². The molecular formula is C16H31N3O. The van der Waals surface area contributed by atoms with Crippen LogP contribution in [0, 0.1) is 11.8 Å². The van der Waals surface area contributed by atoms with Crippen molar-refractivity contribution in [2.45, 2.75) is 44.2 Å². The number of rotatable bonds is 7. The van der Waals surface area contributed by atoms with E-state index < -0.39 is 0 Å². The van der Waals surface area contributed by atoms with E-state index in [9.17, 15) is 0 Å². The third kappa shape index (κ3) is 2.52. The Morgan fingerprint density at radius 3 is 2.80 bits per heavy atom. The number of nitrogens with two attached hydrogens (primary N) is 1. The molecule has 0 aromatic heterocycles. The molecule has 0 aromatic carbocycles. The van der Waals surface area contributed by atoms with E-state index in [-0.39, 0.29) is 5.54 Å². The normalized spacial score (nSPS) is 38.4. The van der Waals surface area contributed by atoms with Crippen LogP contribution in [0.15, 0.2) is 0 Å². The van der Waals surface area contributed by atoms with E-state index in [2.05, 4.69) is 16.7 Å². The Hall–Kier alpha value is -0.160. The Morgan fingerprint density at radius 2 is 2.15 bits per heavy atom. The molecule has 0 radical (unpaired) electrons. The molecule has 116 valence electrons. The van der Waals surface area contributed by atoms with Gasteiger partial charge in [-0.3, -0.25) is 4.90 Å². The molecule has 0 aromatic rings. The van der Waals surface area contributed by atoms with Gasteiger partial charge in [-0.1, -0.05) is 0 Å². The highest BCUT2D eigenvalue weighted by atomic mass is 16.5. The van der Waals surface area contributed by atoms with Crippen LogP contribution in [0.5, 0.6) is 0 Å². The molecule has 20 heavy (non-hydrogen) atoms. The minimum absolute atomic E-state index is 0.230. The SMILES string of the molecule is COCCN(C(C)C1CC1)C1(CN)CCN2CCC1C2. The number of fused-ring (bicyclic) bond motifs is 2. The molecule has 2 aliphatic heterocycles. The molecule has 1 saturated carbocycles. The molecule has 3 aliphatic rings. The molecule has 0 amide bonds. The van der Waals surface area contributed by atoms with Gasteiger partial charge >= 0.3 is 0 Å². The largest absolute Gasteiger partial charge is 0.383 e. The van der Waals surface area contributed by atoms with E-state index in [1.807, 2.05) is 7.11 Å². The number of piperidine rings is 1. The molecule has 2 heterocycles. The lowest BCUT2D eigenvalue weighted by atomic mass is 9.76. The minimum atomic E-state index is 0.230. The summed E-state index contributed by atoms with van der Waals surface area (Å²) in [6.07, 6.45) is 5.39. The Balaban J connectivity index is 1.81. The number of ether oxygens (including phenoxy) is 1. The molecule has 2 N–H and O–H groups in total. The number of hydrogen-bond acceptors (Lipinski definition) is 4. The Kier molecular flexibility index (Phi) is 4.37.